The average molecular weight is 367 g/mol. The second kappa shape index (κ2) is 8.14. The van der Waals surface area contributed by atoms with Crippen molar-refractivity contribution in [2.75, 3.05) is 5.75 Å². The number of nitrogens with zero attached hydrogens (tertiary/aromatic N) is 4. The van der Waals surface area contributed by atoms with Gasteiger partial charge >= 0.3 is 0 Å². The van der Waals surface area contributed by atoms with Gasteiger partial charge < -0.3 is 5.32 Å². The Labute approximate surface area is 157 Å². The number of para-hydroxylation sites is 1. The minimum atomic E-state index is -0.0469. The summed E-state index contributed by atoms with van der Waals surface area (Å²) in [5.74, 6) is 0.214. The van der Waals surface area contributed by atoms with Gasteiger partial charge in [0.2, 0.25) is 11.1 Å². The van der Waals surface area contributed by atoms with E-state index in [1.165, 1.54) is 17.3 Å². The number of rotatable bonds is 6. The van der Waals surface area contributed by atoms with Crippen molar-refractivity contribution in [2.45, 2.75) is 32.5 Å². The molecular weight excluding hydrogens is 346 g/mol. The fraction of sp³-hybridized carbons (Fsp3) is 0.263. The summed E-state index contributed by atoms with van der Waals surface area (Å²) in [5, 5.41) is 15.5. The molecule has 0 fully saturated rings. The van der Waals surface area contributed by atoms with Gasteiger partial charge in [0, 0.05) is 6.54 Å². The number of aromatic nitrogens is 4. The predicted molar refractivity (Wildman–Crippen MR) is 102 cm³/mol. The Bertz CT molecular complexity index is 902. The van der Waals surface area contributed by atoms with Crippen LogP contribution in [0.4, 0.5) is 0 Å². The van der Waals surface area contributed by atoms with Gasteiger partial charge in [0.1, 0.15) is 0 Å². The fourth-order valence-corrected chi connectivity index (χ4v) is 3.44. The summed E-state index contributed by atoms with van der Waals surface area (Å²) in [6, 6.07) is 14.1. The van der Waals surface area contributed by atoms with Crippen LogP contribution in [0, 0.1) is 20.8 Å². The summed E-state index contributed by atoms with van der Waals surface area (Å²) >= 11 is 1.33. The maximum Gasteiger partial charge on any atom is 0.230 e. The molecule has 0 aliphatic rings. The fourth-order valence-electron chi connectivity index (χ4n) is 2.73. The highest BCUT2D eigenvalue weighted by molar-refractivity contribution is 7.99. The van der Waals surface area contributed by atoms with Crippen LogP contribution >= 0.6 is 11.8 Å². The zero-order chi connectivity index (χ0) is 18.5. The number of carbonyl (C=O) groups is 1. The van der Waals surface area contributed by atoms with E-state index in [1.54, 1.807) is 4.68 Å². The van der Waals surface area contributed by atoms with Crippen LogP contribution in [0.2, 0.25) is 0 Å². The molecule has 3 aromatic rings. The zero-order valence-electron chi connectivity index (χ0n) is 15.1. The molecule has 0 unspecified atom stereocenters. The third-order valence-corrected chi connectivity index (χ3v) is 5.08. The topological polar surface area (TPSA) is 72.7 Å². The Balaban J connectivity index is 1.63. The highest BCUT2D eigenvalue weighted by atomic mass is 32.2. The summed E-state index contributed by atoms with van der Waals surface area (Å²) in [5.41, 5.74) is 5.41. The molecule has 134 valence electrons. The van der Waals surface area contributed by atoms with Crippen LogP contribution in [0.3, 0.4) is 0 Å². The van der Waals surface area contributed by atoms with Gasteiger partial charge in [0.25, 0.3) is 0 Å². The van der Waals surface area contributed by atoms with Crippen LogP contribution in [0.5, 0.6) is 0 Å². The number of hydrogen-bond acceptors (Lipinski definition) is 5. The molecule has 1 heterocycles. The molecule has 26 heavy (non-hydrogen) atoms. The maximum absolute atomic E-state index is 12.2. The maximum atomic E-state index is 12.2. The third-order valence-electron chi connectivity index (χ3n) is 4.16. The van der Waals surface area contributed by atoms with Crippen LogP contribution in [-0.2, 0) is 11.3 Å². The predicted octanol–water partition coefficient (Wildman–Crippen LogP) is 3.00. The number of benzene rings is 2. The van der Waals surface area contributed by atoms with Crippen LogP contribution in [0.25, 0.3) is 5.69 Å². The van der Waals surface area contributed by atoms with Gasteiger partial charge in [-0.2, -0.15) is 4.68 Å². The Morgan fingerprint density at radius 1 is 1.04 bits per heavy atom. The second-order valence-corrected chi connectivity index (χ2v) is 7.05. The minimum absolute atomic E-state index is 0.0469. The molecule has 0 atom stereocenters. The van der Waals surface area contributed by atoms with E-state index < -0.39 is 0 Å². The lowest BCUT2D eigenvalue weighted by Gasteiger charge is -2.11. The van der Waals surface area contributed by atoms with Crippen LogP contribution in [0.15, 0.2) is 47.6 Å². The van der Waals surface area contributed by atoms with Gasteiger partial charge in [-0.05, 0) is 53.5 Å². The Hall–Kier alpha value is -2.67. The SMILES string of the molecule is Cc1ccccc1CNC(=O)CSc1nnnn1-c1c(C)cccc1C. The van der Waals surface area contributed by atoms with Crippen molar-refractivity contribution >= 4 is 17.7 Å². The van der Waals surface area contributed by atoms with E-state index in [4.69, 9.17) is 0 Å². The first kappa shape index (κ1) is 18.1. The third kappa shape index (κ3) is 4.11. The first-order valence-electron chi connectivity index (χ1n) is 8.35. The molecule has 0 saturated heterocycles. The largest absolute Gasteiger partial charge is 0.351 e. The molecule has 0 spiro atoms. The molecule has 7 heteroatoms. The normalized spacial score (nSPS) is 10.7. The lowest BCUT2D eigenvalue weighted by Crippen LogP contribution is -2.25. The summed E-state index contributed by atoms with van der Waals surface area (Å²) in [6.07, 6.45) is 0. The molecule has 1 amide bonds. The quantitative estimate of drug-likeness (QED) is 0.678. The second-order valence-electron chi connectivity index (χ2n) is 6.11. The number of amides is 1. The van der Waals surface area contributed by atoms with E-state index in [1.807, 2.05) is 63.2 Å². The number of carbonyl (C=O) groups excluding carboxylic acids is 1. The first-order valence-corrected chi connectivity index (χ1v) is 9.34. The van der Waals surface area contributed by atoms with Gasteiger partial charge in [-0.15, -0.1) is 5.10 Å². The highest BCUT2D eigenvalue weighted by Gasteiger charge is 2.14. The van der Waals surface area contributed by atoms with Crippen LogP contribution < -0.4 is 5.32 Å². The molecule has 0 aliphatic carbocycles. The van der Waals surface area contributed by atoms with E-state index in [0.717, 1.165) is 22.4 Å². The molecule has 0 radical (unpaired) electrons. The van der Waals surface area contributed by atoms with Crippen molar-refractivity contribution in [1.82, 2.24) is 25.5 Å². The van der Waals surface area contributed by atoms with E-state index in [-0.39, 0.29) is 11.7 Å². The van der Waals surface area contributed by atoms with Gasteiger partial charge in [0.15, 0.2) is 0 Å². The summed E-state index contributed by atoms with van der Waals surface area (Å²) < 4.78 is 1.70. The number of tetrazole rings is 1. The van der Waals surface area contributed by atoms with Crippen molar-refractivity contribution in [1.29, 1.82) is 0 Å². The summed E-state index contributed by atoms with van der Waals surface area (Å²) in [4.78, 5) is 12.2. The van der Waals surface area contributed by atoms with Gasteiger partial charge in [-0.1, -0.05) is 54.2 Å². The van der Waals surface area contributed by atoms with Crippen LogP contribution in [-0.4, -0.2) is 31.9 Å². The van der Waals surface area contributed by atoms with Gasteiger partial charge in [0.05, 0.1) is 11.4 Å². The number of thioether (sulfide) groups is 1. The lowest BCUT2D eigenvalue weighted by molar-refractivity contribution is -0.118. The van der Waals surface area contributed by atoms with E-state index in [2.05, 4.69) is 20.8 Å². The van der Waals surface area contributed by atoms with Crippen molar-refractivity contribution < 1.29 is 4.79 Å². The Morgan fingerprint density at radius 3 is 2.46 bits per heavy atom. The molecule has 2 aromatic carbocycles. The standard InChI is InChI=1S/C19H21N5OS/c1-13-7-4-5-10-16(13)11-20-17(25)12-26-19-21-22-23-24(19)18-14(2)8-6-9-15(18)3/h4-10H,11-12H2,1-3H3,(H,20,25). The number of aryl methyl sites for hydroxylation is 3. The molecule has 6 nitrogen and oxygen atoms in total. The Morgan fingerprint density at radius 2 is 1.73 bits per heavy atom. The smallest absolute Gasteiger partial charge is 0.230 e. The van der Waals surface area contributed by atoms with Crippen molar-refractivity contribution in [3.63, 3.8) is 0 Å². The van der Waals surface area contributed by atoms with Crippen molar-refractivity contribution in [2.24, 2.45) is 0 Å². The molecule has 0 aliphatic heterocycles. The van der Waals surface area contributed by atoms with Crippen molar-refractivity contribution in [3.05, 3.63) is 64.7 Å². The Kier molecular flexibility index (Phi) is 5.68. The van der Waals surface area contributed by atoms with Gasteiger partial charge in [-0.25, -0.2) is 0 Å². The first-order chi connectivity index (χ1) is 12.6. The molecule has 0 bridgehead atoms. The average Bonchev–Trinajstić information content (AvgIpc) is 3.07. The minimum Gasteiger partial charge on any atom is -0.351 e. The van der Waals surface area contributed by atoms with Crippen molar-refractivity contribution in [3.8, 4) is 5.69 Å². The molecule has 3 rings (SSSR count). The molecule has 0 saturated carbocycles. The summed E-state index contributed by atoms with van der Waals surface area (Å²) in [7, 11) is 0. The molecule has 1 N–H and O–H groups in total. The van der Waals surface area contributed by atoms with E-state index in [0.29, 0.717) is 11.7 Å². The molecular formula is C19H21N5OS. The summed E-state index contributed by atoms with van der Waals surface area (Å²) in [6.45, 7) is 6.60. The van der Waals surface area contributed by atoms with E-state index >= 15 is 0 Å². The number of nitrogens with one attached hydrogen (secondary N) is 1. The monoisotopic (exact) mass is 367 g/mol. The van der Waals surface area contributed by atoms with Crippen LogP contribution in [0.1, 0.15) is 22.3 Å². The van der Waals surface area contributed by atoms with E-state index in [9.17, 15) is 4.79 Å². The highest BCUT2D eigenvalue weighted by Crippen LogP contribution is 2.23. The lowest BCUT2D eigenvalue weighted by atomic mass is 10.1. The number of hydrogen-bond donors (Lipinski definition) is 1. The molecule has 1 aromatic heterocycles. The zero-order valence-corrected chi connectivity index (χ0v) is 15.9. The van der Waals surface area contributed by atoms with Gasteiger partial charge in [-0.3, -0.25) is 4.79 Å².